The largest absolute Gasteiger partial charge is 0.481 e. The van der Waals surface area contributed by atoms with E-state index in [1.807, 2.05) is 0 Å². The molecule has 2 aliphatic rings. The highest BCUT2D eigenvalue weighted by molar-refractivity contribution is 8.26. The van der Waals surface area contributed by atoms with Gasteiger partial charge in [-0.05, 0) is 6.07 Å². The molecule has 0 unspecified atom stereocenters. The number of fused-ring (bicyclic) bond motifs is 1. The fourth-order valence-electron chi connectivity index (χ4n) is 2.70. The summed E-state index contributed by atoms with van der Waals surface area (Å²) in [6, 6.07) is 6.70. The molecule has 1 N–H and O–H groups in total. The minimum atomic E-state index is -1.05. The first-order valence-electron chi connectivity index (χ1n) is 7.27. The lowest BCUT2D eigenvalue weighted by Crippen LogP contribution is -2.32. The number of hydrogen-bond donors (Lipinski definition) is 1. The van der Waals surface area contributed by atoms with Gasteiger partial charge in [-0.3, -0.25) is 24.1 Å². The standard InChI is InChI=1S/C16H12N2O5S2/c1-8(19)18-10-5-3-2-4-9(10)12(14(18)22)13-15(23)17(16(24)25-13)7-6-11(20)21/h2-5H,6-7H2,1H3,(H,20,21)/b13-12+. The Hall–Kier alpha value is -2.52. The number of thioether (sulfide) groups is 1. The number of rotatable bonds is 3. The Balaban J connectivity index is 2.07. The van der Waals surface area contributed by atoms with Crippen LogP contribution in [0.3, 0.4) is 0 Å². The molecular formula is C16H12N2O5S2. The third-order valence-corrected chi connectivity index (χ3v) is 5.22. The molecule has 1 saturated heterocycles. The Kier molecular flexibility index (Phi) is 4.44. The van der Waals surface area contributed by atoms with E-state index in [9.17, 15) is 19.2 Å². The zero-order chi connectivity index (χ0) is 18.3. The molecule has 0 bridgehead atoms. The maximum atomic E-state index is 12.7. The van der Waals surface area contributed by atoms with Crippen LogP contribution in [0.5, 0.6) is 0 Å². The minimum absolute atomic E-state index is 0.0664. The molecule has 1 fully saturated rings. The molecule has 3 rings (SSSR count). The van der Waals surface area contributed by atoms with Crippen LogP contribution in [0.25, 0.3) is 5.57 Å². The van der Waals surface area contributed by atoms with Crippen molar-refractivity contribution in [2.45, 2.75) is 13.3 Å². The molecule has 0 spiro atoms. The number of hydrogen-bond acceptors (Lipinski definition) is 6. The molecule has 2 heterocycles. The monoisotopic (exact) mass is 376 g/mol. The van der Waals surface area contributed by atoms with Crippen molar-refractivity contribution in [2.75, 3.05) is 11.4 Å². The molecule has 2 aliphatic heterocycles. The van der Waals surface area contributed by atoms with Crippen molar-refractivity contribution in [1.29, 1.82) is 0 Å². The number of benzene rings is 1. The van der Waals surface area contributed by atoms with Crippen LogP contribution < -0.4 is 4.90 Å². The van der Waals surface area contributed by atoms with Gasteiger partial charge in [0.25, 0.3) is 11.8 Å². The summed E-state index contributed by atoms with van der Waals surface area (Å²) in [5.74, 6) is -2.59. The zero-order valence-electron chi connectivity index (χ0n) is 13.0. The van der Waals surface area contributed by atoms with E-state index >= 15 is 0 Å². The summed E-state index contributed by atoms with van der Waals surface area (Å²) in [7, 11) is 0. The van der Waals surface area contributed by atoms with Crippen molar-refractivity contribution in [1.82, 2.24) is 4.90 Å². The van der Waals surface area contributed by atoms with E-state index in [4.69, 9.17) is 17.3 Å². The van der Waals surface area contributed by atoms with Crippen molar-refractivity contribution in [3.63, 3.8) is 0 Å². The second-order valence-corrected chi connectivity index (χ2v) is 6.99. The lowest BCUT2D eigenvalue weighted by atomic mass is 10.1. The Morgan fingerprint density at radius 1 is 1.20 bits per heavy atom. The van der Waals surface area contributed by atoms with Crippen LogP contribution in [0.15, 0.2) is 29.2 Å². The van der Waals surface area contributed by atoms with Gasteiger partial charge in [0.15, 0.2) is 0 Å². The second-order valence-electron chi connectivity index (χ2n) is 5.35. The number of thiocarbonyl (C=S) groups is 1. The Morgan fingerprint density at radius 3 is 2.52 bits per heavy atom. The molecule has 1 aromatic rings. The number of nitrogens with zero attached hydrogens (tertiary/aromatic N) is 2. The summed E-state index contributed by atoms with van der Waals surface area (Å²) in [5.41, 5.74) is 1.04. The van der Waals surface area contributed by atoms with Crippen molar-refractivity contribution >= 4 is 63.3 Å². The van der Waals surface area contributed by atoms with Crippen molar-refractivity contribution in [3.8, 4) is 0 Å². The van der Waals surface area contributed by atoms with E-state index in [1.165, 1.54) is 11.8 Å². The summed E-state index contributed by atoms with van der Waals surface area (Å²) >= 11 is 6.10. The molecule has 3 amide bonds. The number of carboxylic acids is 1. The van der Waals surface area contributed by atoms with Crippen molar-refractivity contribution < 1.29 is 24.3 Å². The topological polar surface area (TPSA) is 95.0 Å². The van der Waals surface area contributed by atoms with Gasteiger partial charge >= 0.3 is 5.97 Å². The highest BCUT2D eigenvalue weighted by Gasteiger charge is 2.43. The summed E-state index contributed by atoms with van der Waals surface area (Å²) in [5, 5.41) is 8.79. The number of aliphatic carboxylic acids is 1. The van der Waals surface area contributed by atoms with Gasteiger partial charge in [-0.2, -0.15) is 0 Å². The van der Waals surface area contributed by atoms with Gasteiger partial charge in [-0.1, -0.05) is 42.2 Å². The second kappa shape index (κ2) is 6.41. The quantitative estimate of drug-likeness (QED) is 0.633. The number of carbonyl (C=O) groups is 4. The average molecular weight is 376 g/mol. The number of para-hydroxylation sites is 1. The van der Waals surface area contributed by atoms with Gasteiger partial charge in [-0.15, -0.1) is 0 Å². The van der Waals surface area contributed by atoms with Crippen LogP contribution in [0.1, 0.15) is 18.9 Å². The third-order valence-electron chi connectivity index (χ3n) is 3.77. The van der Waals surface area contributed by atoms with Crippen molar-refractivity contribution in [3.05, 3.63) is 34.7 Å². The minimum Gasteiger partial charge on any atom is -0.481 e. The first-order valence-corrected chi connectivity index (χ1v) is 8.49. The van der Waals surface area contributed by atoms with E-state index in [-0.39, 0.29) is 27.8 Å². The maximum absolute atomic E-state index is 12.7. The summed E-state index contributed by atoms with van der Waals surface area (Å²) in [6.45, 7) is 1.21. The van der Waals surface area contributed by atoms with E-state index in [1.54, 1.807) is 24.3 Å². The summed E-state index contributed by atoms with van der Waals surface area (Å²) in [6.07, 6.45) is -0.251. The van der Waals surface area contributed by atoms with E-state index < -0.39 is 23.7 Å². The van der Waals surface area contributed by atoms with Gasteiger partial charge in [0.05, 0.1) is 22.6 Å². The van der Waals surface area contributed by atoms with Crippen LogP contribution in [0, 0.1) is 0 Å². The van der Waals surface area contributed by atoms with Crippen LogP contribution >= 0.6 is 24.0 Å². The zero-order valence-corrected chi connectivity index (χ0v) is 14.6. The first kappa shape index (κ1) is 17.3. The fraction of sp³-hybridized carbons (Fsp3) is 0.188. The number of carbonyl (C=O) groups excluding carboxylic acids is 3. The number of amides is 3. The molecule has 25 heavy (non-hydrogen) atoms. The van der Waals surface area contributed by atoms with Crippen LogP contribution in [0.2, 0.25) is 0 Å². The normalized spacial score (nSPS) is 19.6. The molecule has 0 saturated carbocycles. The molecule has 0 atom stereocenters. The predicted molar refractivity (Wildman–Crippen MR) is 95.7 cm³/mol. The predicted octanol–water partition coefficient (Wildman–Crippen LogP) is 1.63. The average Bonchev–Trinajstić information content (AvgIpc) is 2.98. The molecule has 1 aromatic carbocycles. The van der Waals surface area contributed by atoms with E-state index in [0.717, 1.165) is 16.7 Å². The van der Waals surface area contributed by atoms with Gasteiger partial charge < -0.3 is 5.11 Å². The molecule has 128 valence electrons. The van der Waals surface area contributed by atoms with Gasteiger partial charge in [-0.25, -0.2) is 4.90 Å². The smallest absolute Gasteiger partial charge is 0.305 e. The molecular weight excluding hydrogens is 364 g/mol. The van der Waals surface area contributed by atoms with Gasteiger partial charge in [0.1, 0.15) is 4.32 Å². The molecule has 0 radical (unpaired) electrons. The van der Waals surface area contributed by atoms with Crippen molar-refractivity contribution in [2.24, 2.45) is 0 Å². The maximum Gasteiger partial charge on any atom is 0.305 e. The molecule has 0 aromatic heterocycles. The molecule has 7 nitrogen and oxygen atoms in total. The molecule has 9 heteroatoms. The Labute approximate surface area is 152 Å². The summed E-state index contributed by atoms with van der Waals surface area (Å²) < 4.78 is 0.195. The first-order chi connectivity index (χ1) is 11.8. The third kappa shape index (κ3) is 2.85. The fourth-order valence-corrected chi connectivity index (χ4v) is 4.08. The lowest BCUT2D eigenvalue weighted by molar-refractivity contribution is -0.137. The van der Waals surface area contributed by atoms with Crippen LogP contribution in [-0.4, -0.2) is 44.6 Å². The SMILES string of the molecule is CC(=O)N1C(=O)/C(=C2/SC(=S)N(CCC(=O)O)C2=O)c2ccccc21. The van der Waals surface area contributed by atoms with Gasteiger partial charge in [0.2, 0.25) is 5.91 Å². The Bertz CT molecular complexity index is 877. The van der Waals surface area contributed by atoms with Gasteiger partial charge in [0, 0.05) is 19.0 Å². The highest BCUT2D eigenvalue weighted by atomic mass is 32.2. The Morgan fingerprint density at radius 2 is 1.88 bits per heavy atom. The number of carboxylic acid groups (broad SMARTS) is 1. The van der Waals surface area contributed by atoms with Crippen LogP contribution in [0.4, 0.5) is 5.69 Å². The van der Waals surface area contributed by atoms with E-state index in [2.05, 4.69) is 0 Å². The highest BCUT2D eigenvalue weighted by Crippen LogP contribution is 2.44. The number of anilines is 1. The summed E-state index contributed by atoms with van der Waals surface area (Å²) in [4.78, 5) is 50.3. The van der Waals surface area contributed by atoms with E-state index in [0.29, 0.717) is 11.3 Å². The number of imide groups is 1. The lowest BCUT2D eigenvalue weighted by Gasteiger charge is -2.12. The van der Waals surface area contributed by atoms with Crippen LogP contribution in [-0.2, 0) is 19.2 Å². The molecule has 0 aliphatic carbocycles.